The molecule has 5 nitrogen and oxygen atoms in total. The van der Waals surface area contributed by atoms with E-state index < -0.39 is 30.4 Å². The number of aliphatic hydroxyl groups excluding tert-OH is 1. The minimum Gasteiger partial charge on any atom is -0.394 e. The van der Waals surface area contributed by atoms with Crippen LogP contribution in [0.5, 0.6) is 0 Å². The highest BCUT2D eigenvalue weighted by Crippen LogP contribution is 2.34. The standard InChI is InChI=1S/C20H21F3N2O3/c21-20(22,23)17-4-2-1-3-16(17)18(10-26)25-19(27)24-8-7-13-5-6-14-11-28-12-15(14)9-13/h1-6,9,18,26H,7-8,10-12H2,(H2,24,25,27). The Morgan fingerprint density at radius 1 is 1.14 bits per heavy atom. The number of ether oxygens (including phenoxy) is 1. The predicted octanol–water partition coefficient (Wildman–Crippen LogP) is 3.31. The number of aliphatic hydroxyl groups is 1. The number of carbonyl (C=O) groups is 1. The van der Waals surface area contributed by atoms with Gasteiger partial charge in [-0.25, -0.2) is 4.79 Å². The molecule has 1 heterocycles. The van der Waals surface area contributed by atoms with E-state index in [-0.39, 0.29) is 5.56 Å². The number of hydrogen-bond donors (Lipinski definition) is 3. The van der Waals surface area contributed by atoms with Crippen molar-refractivity contribution in [3.63, 3.8) is 0 Å². The minimum absolute atomic E-state index is 0.175. The Balaban J connectivity index is 1.56. The number of carbonyl (C=O) groups excluding carboxylic acids is 1. The van der Waals surface area contributed by atoms with Crippen LogP contribution in [0.4, 0.5) is 18.0 Å². The molecule has 8 heteroatoms. The normalized spacial score (nSPS) is 14.4. The third-order valence-electron chi connectivity index (χ3n) is 4.61. The van der Waals surface area contributed by atoms with Crippen LogP contribution in [0.2, 0.25) is 0 Å². The third kappa shape index (κ3) is 4.82. The van der Waals surface area contributed by atoms with Crippen molar-refractivity contribution in [2.75, 3.05) is 13.2 Å². The Labute approximate surface area is 160 Å². The second kappa shape index (κ2) is 8.62. The number of nitrogens with one attached hydrogen (secondary N) is 2. The summed E-state index contributed by atoms with van der Waals surface area (Å²) < 4.78 is 44.8. The zero-order valence-electron chi connectivity index (χ0n) is 15.1. The first-order valence-corrected chi connectivity index (χ1v) is 8.88. The van der Waals surface area contributed by atoms with E-state index in [1.165, 1.54) is 18.2 Å². The van der Waals surface area contributed by atoms with E-state index >= 15 is 0 Å². The Morgan fingerprint density at radius 2 is 1.89 bits per heavy atom. The van der Waals surface area contributed by atoms with E-state index in [9.17, 15) is 23.1 Å². The molecule has 1 unspecified atom stereocenters. The van der Waals surface area contributed by atoms with Crippen LogP contribution in [-0.2, 0) is 30.5 Å². The number of fused-ring (bicyclic) bond motifs is 1. The van der Waals surface area contributed by atoms with Gasteiger partial charge in [0.15, 0.2) is 0 Å². The first kappa shape index (κ1) is 20.2. The van der Waals surface area contributed by atoms with Crippen molar-refractivity contribution in [1.82, 2.24) is 10.6 Å². The molecular formula is C20H21F3N2O3. The lowest BCUT2D eigenvalue weighted by Crippen LogP contribution is -2.40. The third-order valence-corrected chi connectivity index (χ3v) is 4.61. The Bertz CT molecular complexity index is 840. The van der Waals surface area contributed by atoms with Crippen LogP contribution < -0.4 is 10.6 Å². The topological polar surface area (TPSA) is 70.6 Å². The maximum Gasteiger partial charge on any atom is 0.416 e. The summed E-state index contributed by atoms with van der Waals surface area (Å²) in [6, 6.07) is 9.06. The van der Waals surface area contributed by atoms with Crippen LogP contribution in [0.1, 0.15) is 33.9 Å². The summed E-state index contributed by atoms with van der Waals surface area (Å²) in [6.07, 6.45) is -4.00. The Morgan fingerprint density at radius 3 is 2.64 bits per heavy atom. The molecule has 0 fully saturated rings. The van der Waals surface area contributed by atoms with E-state index in [0.29, 0.717) is 26.2 Å². The van der Waals surface area contributed by atoms with Gasteiger partial charge < -0.3 is 20.5 Å². The lowest BCUT2D eigenvalue weighted by Gasteiger charge is -2.21. The Kier molecular flexibility index (Phi) is 6.21. The fraction of sp³-hybridized carbons (Fsp3) is 0.350. The van der Waals surface area contributed by atoms with Gasteiger partial charge in [0.1, 0.15) is 0 Å². The highest BCUT2D eigenvalue weighted by Gasteiger charge is 2.35. The van der Waals surface area contributed by atoms with Gasteiger partial charge in [0.25, 0.3) is 0 Å². The number of amides is 2. The second-order valence-electron chi connectivity index (χ2n) is 6.57. The van der Waals surface area contributed by atoms with Crippen molar-refractivity contribution in [2.24, 2.45) is 0 Å². The lowest BCUT2D eigenvalue weighted by atomic mass is 10.0. The molecule has 2 amide bonds. The van der Waals surface area contributed by atoms with Crippen molar-refractivity contribution in [1.29, 1.82) is 0 Å². The molecule has 2 aromatic rings. The molecule has 0 radical (unpaired) electrons. The molecule has 1 atom stereocenters. The number of hydrogen-bond acceptors (Lipinski definition) is 3. The van der Waals surface area contributed by atoms with Crippen LogP contribution in [-0.4, -0.2) is 24.3 Å². The van der Waals surface area contributed by atoms with Crippen LogP contribution >= 0.6 is 0 Å². The number of halogens is 3. The highest BCUT2D eigenvalue weighted by atomic mass is 19.4. The van der Waals surface area contributed by atoms with E-state index in [1.807, 2.05) is 18.2 Å². The zero-order valence-corrected chi connectivity index (χ0v) is 15.1. The molecule has 2 aromatic carbocycles. The largest absolute Gasteiger partial charge is 0.416 e. The van der Waals surface area contributed by atoms with E-state index in [2.05, 4.69) is 10.6 Å². The molecule has 0 spiro atoms. The molecule has 0 bridgehead atoms. The number of alkyl halides is 3. The van der Waals surface area contributed by atoms with Gasteiger partial charge >= 0.3 is 12.2 Å². The number of rotatable bonds is 6. The van der Waals surface area contributed by atoms with Crippen LogP contribution in [0.15, 0.2) is 42.5 Å². The van der Waals surface area contributed by atoms with Gasteiger partial charge in [-0.05, 0) is 34.7 Å². The molecule has 1 aliphatic rings. The van der Waals surface area contributed by atoms with Gasteiger partial charge in [0, 0.05) is 6.54 Å². The monoisotopic (exact) mass is 394 g/mol. The van der Waals surface area contributed by atoms with Crippen LogP contribution in [0, 0.1) is 0 Å². The van der Waals surface area contributed by atoms with Gasteiger partial charge in [-0.2, -0.15) is 13.2 Å². The first-order chi connectivity index (χ1) is 13.4. The van der Waals surface area contributed by atoms with Gasteiger partial charge in [-0.15, -0.1) is 0 Å². The Hall–Kier alpha value is -2.58. The molecule has 0 aromatic heterocycles. The minimum atomic E-state index is -4.57. The summed E-state index contributed by atoms with van der Waals surface area (Å²) in [5, 5.41) is 14.5. The summed E-state index contributed by atoms with van der Waals surface area (Å²) >= 11 is 0. The van der Waals surface area contributed by atoms with Crippen molar-refractivity contribution in [2.45, 2.75) is 31.9 Å². The SMILES string of the molecule is O=C(NCCc1ccc2c(c1)COC2)NC(CO)c1ccccc1C(F)(F)F. The lowest BCUT2D eigenvalue weighted by molar-refractivity contribution is -0.138. The molecule has 1 aliphatic heterocycles. The molecule has 0 saturated carbocycles. The number of benzene rings is 2. The summed E-state index contributed by atoms with van der Waals surface area (Å²) in [5.74, 6) is 0. The average molecular weight is 394 g/mol. The predicted molar refractivity (Wildman–Crippen MR) is 96.4 cm³/mol. The van der Waals surface area contributed by atoms with Crippen LogP contribution in [0.3, 0.4) is 0 Å². The fourth-order valence-corrected chi connectivity index (χ4v) is 3.19. The molecular weight excluding hydrogens is 373 g/mol. The fourth-order valence-electron chi connectivity index (χ4n) is 3.19. The van der Waals surface area contributed by atoms with Gasteiger partial charge in [0.05, 0.1) is 31.4 Å². The molecule has 150 valence electrons. The second-order valence-corrected chi connectivity index (χ2v) is 6.57. The van der Waals surface area contributed by atoms with E-state index in [0.717, 1.165) is 22.8 Å². The smallest absolute Gasteiger partial charge is 0.394 e. The maximum atomic E-state index is 13.1. The summed E-state index contributed by atoms with van der Waals surface area (Å²) in [4.78, 5) is 12.1. The molecule has 28 heavy (non-hydrogen) atoms. The van der Waals surface area contributed by atoms with Gasteiger partial charge in [0.2, 0.25) is 0 Å². The summed E-state index contributed by atoms with van der Waals surface area (Å²) in [6.45, 7) is 0.849. The molecule has 0 saturated heterocycles. The molecule has 0 aliphatic carbocycles. The average Bonchev–Trinajstić information content (AvgIpc) is 3.13. The van der Waals surface area contributed by atoms with Crippen LogP contribution in [0.25, 0.3) is 0 Å². The maximum absolute atomic E-state index is 13.1. The van der Waals surface area contributed by atoms with Crippen molar-refractivity contribution >= 4 is 6.03 Å². The molecule has 3 rings (SSSR count). The van der Waals surface area contributed by atoms with Gasteiger partial charge in [-0.1, -0.05) is 36.4 Å². The summed E-state index contributed by atoms with van der Waals surface area (Å²) in [5.41, 5.74) is 2.27. The molecule has 3 N–H and O–H groups in total. The number of urea groups is 1. The quantitative estimate of drug-likeness (QED) is 0.704. The van der Waals surface area contributed by atoms with Crippen molar-refractivity contribution in [3.05, 3.63) is 70.3 Å². The highest BCUT2D eigenvalue weighted by molar-refractivity contribution is 5.74. The first-order valence-electron chi connectivity index (χ1n) is 8.88. The van der Waals surface area contributed by atoms with Gasteiger partial charge in [-0.3, -0.25) is 0 Å². The van der Waals surface area contributed by atoms with E-state index in [4.69, 9.17) is 4.74 Å². The summed E-state index contributed by atoms with van der Waals surface area (Å²) in [7, 11) is 0. The zero-order chi connectivity index (χ0) is 20.1. The van der Waals surface area contributed by atoms with E-state index in [1.54, 1.807) is 0 Å². The van der Waals surface area contributed by atoms with Crippen molar-refractivity contribution in [3.8, 4) is 0 Å². The van der Waals surface area contributed by atoms with Crippen molar-refractivity contribution < 1.29 is 27.8 Å².